The number of aryl methyl sites for hydroxylation is 1. The van der Waals surface area contributed by atoms with Gasteiger partial charge in [0.2, 0.25) is 5.75 Å². The van der Waals surface area contributed by atoms with Crippen LogP contribution < -0.4 is 34.0 Å². The summed E-state index contributed by atoms with van der Waals surface area (Å²) in [5, 5.41) is 0. The van der Waals surface area contributed by atoms with E-state index in [2.05, 4.69) is 35.0 Å². The van der Waals surface area contributed by atoms with Gasteiger partial charge < -0.3 is 23.8 Å². The van der Waals surface area contributed by atoms with Gasteiger partial charge in [-0.25, -0.2) is 9.79 Å². The number of carbonyl (C=O) groups excluding carboxylic acids is 1. The van der Waals surface area contributed by atoms with Crippen molar-refractivity contribution in [2.24, 2.45) is 4.99 Å². The summed E-state index contributed by atoms with van der Waals surface area (Å²) in [7, 11) is 4.57. The number of methoxy groups -OCH3 is 3. The lowest BCUT2D eigenvalue weighted by Gasteiger charge is -2.26. The van der Waals surface area contributed by atoms with E-state index in [0.29, 0.717) is 37.8 Å². The van der Waals surface area contributed by atoms with Gasteiger partial charge in [-0.1, -0.05) is 17.4 Å². The molecule has 10 heteroatoms. The van der Waals surface area contributed by atoms with Gasteiger partial charge in [0.1, 0.15) is 0 Å². The maximum absolute atomic E-state index is 14.1. The molecule has 1 fully saturated rings. The number of ether oxygens (including phenoxy) is 4. The molecule has 2 aliphatic heterocycles. The maximum Gasteiger partial charge on any atom is 0.338 e. The molecule has 0 bridgehead atoms. The Morgan fingerprint density at radius 1 is 1.05 bits per heavy atom. The molecule has 3 heterocycles. The van der Waals surface area contributed by atoms with E-state index in [1.807, 2.05) is 6.08 Å². The molecule has 1 aromatic heterocycles. The number of esters is 1. The van der Waals surface area contributed by atoms with E-state index in [1.54, 1.807) is 30.5 Å². The number of thiazole rings is 1. The fraction of sp³-hybridized carbons (Fsp3) is 0.387. The molecule has 9 nitrogen and oxygen atoms in total. The number of allylic oxidation sites excluding steroid dienone is 1. The maximum atomic E-state index is 14.1. The molecule has 3 aromatic rings. The molecule has 0 aliphatic carbocycles. The highest BCUT2D eigenvalue weighted by Crippen LogP contribution is 2.42. The molecule has 0 N–H and O–H groups in total. The first-order valence-electron chi connectivity index (χ1n) is 13.7. The van der Waals surface area contributed by atoms with Crippen molar-refractivity contribution in [2.45, 2.75) is 39.7 Å². The number of hydrogen-bond acceptors (Lipinski definition) is 9. The number of rotatable bonds is 8. The average molecular weight is 578 g/mol. The van der Waals surface area contributed by atoms with Crippen LogP contribution in [0.3, 0.4) is 0 Å². The lowest BCUT2D eigenvalue weighted by Crippen LogP contribution is -2.40. The summed E-state index contributed by atoms with van der Waals surface area (Å²) in [5.41, 5.74) is 4.39. The molecule has 1 saturated heterocycles. The number of nitrogens with zero attached hydrogens (tertiary/aromatic N) is 3. The SMILES string of the molecule is CCOC(=O)C1=C(C)N=c2s/c(=C/c3ccc(N4CCCC4)cc3C)c(=O)n2[C@H]1c1cc(OC)c(OC)c(OC)c1. The standard InChI is InChI=1S/C31H35N3O6S/c1-7-40-30(36)26-19(3)32-31-34(27(26)21-15-23(37-4)28(39-6)24(16-21)38-5)29(35)25(41-31)17-20-10-11-22(14-18(20)2)33-12-8-9-13-33/h10-11,14-17,27H,7-9,12-13H2,1-6H3/b25-17+/t27-/m0/s1. The monoisotopic (exact) mass is 577 g/mol. The number of hydrogen-bond donors (Lipinski definition) is 0. The van der Waals surface area contributed by atoms with Crippen LogP contribution in [0.2, 0.25) is 0 Å². The number of benzene rings is 2. The minimum Gasteiger partial charge on any atom is -0.493 e. The number of anilines is 1. The molecule has 1 atom stereocenters. The Morgan fingerprint density at radius 3 is 2.32 bits per heavy atom. The number of fused-ring (bicyclic) bond motifs is 1. The quantitative estimate of drug-likeness (QED) is 0.377. The normalized spacial score (nSPS) is 16.9. The van der Waals surface area contributed by atoms with Gasteiger partial charge in [-0.2, -0.15) is 0 Å². The predicted octanol–water partition coefficient (Wildman–Crippen LogP) is 3.73. The van der Waals surface area contributed by atoms with Crippen LogP contribution in [0.15, 0.2) is 51.4 Å². The lowest BCUT2D eigenvalue weighted by atomic mass is 9.95. The van der Waals surface area contributed by atoms with Gasteiger partial charge in [0.25, 0.3) is 5.56 Å². The van der Waals surface area contributed by atoms with Crippen molar-refractivity contribution in [1.82, 2.24) is 4.57 Å². The van der Waals surface area contributed by atoms with Crippen LogP contribution in [0.4, 0.5) is 5.69 Å². The lowest BCUT2D eigenvalue weighted by molar-refractivity contribution is -0.139. The Bertz CT molecular complexity index is 1670. The largest absolute Gasteiger partial charge is 0.493 e. The molecule has 2 aromatic carbocycles. The summed E-state index contributed by atoms with van der Waals surface area (Å²) in [6.45, 7) is 7.89. The Morgan fingerprint density at radius 2 is 1.73 bits per heavy atom. The summed E-state index contributed by atoms with van der Waals surface area (Å²) >= 11 is 1.30. The van der Waals surface area contributed by atoms with Crippen molar-refractivity contribution in [3.63, 3.8) is 0 Å². The van der Waals surface area contributed by atoms with E-state index in [1.165, 1.54) is 51.2 Å². The highest BCUT2D eigenvalue weighted by atomic mass is 32.1. The van der Waals surface area contributed by atoms with Gasteiger partial charge in [0, 0.05) is 18.8 Å². The van der Waals surface area contributed by atoms with Crippen LogP contribution in [0, 0.1) is 6.92 Å². The van der Waals surface area contributed by atoms with E-state index in [0.717, 1.165) is 24.2 Å². The topological polar surface area (TPSA) is 91.6 Å². The van der Waals surface area contributed by atoms with E-state index in [9.17, 15) is 9.59 Å². The van der Waals surface area contributed by atoms with E-state index >= 15 is 0 Å². The van der Waals surface area contributed by atoms with Crippen LogP contribution in [0.25, 0.3) is 6.08 Å². The zero-order valence-electron chi connectivity index (χ0n) is 24.3. The Hall–Kier alpha value is -4.05. The summed E-state index contributed by atoms with van der Waals surface area (Å²) in [6, 6.07) is 9.05. The first-order chi connectivity index (χ1) is 19.8. The minimum absolute atomic E-state index is 0.189. The summed E-state index contributed by atoms with van der Waals surface area (Å²) in [4.78, 5) is 34.9. The molecular weight excluding hydrogens is 542 g/mol. The van der Waals surface area contributed by atoms with Crippen molar-refractivity contribution in [2.75, 3.05) is 45.9 Å². The smallest absolute Gasteiger partial charge is 0.338 e. The van der Waals surface area contributed by atoms with Crippen LogP contribution in [-0.4, -0.2) is 51.6 Å². The van der Waals surface area contributed by atoms with Crippen molar-refractivity contribution in [3.8, 4) is 17.2 Å². The minimum atomic E-state index is -0.806. The second-order valence-corrected chi connectivity index (χ2v) is 11.0. The third kappa shape index (κ3) is 5.24. The second-order valence-electron chi connectivity index (χ2n) is 10.00. The third-order valence-corrected chi connectivity index (χ3v) is 8.51. The third-order valence-electron chi connectivity index (χ3n) is 7.53. The molecule has 0 amide bonds. The fourth-order valence-electron chi connectivity index (χ4n) is 5.50. The molecule has 0 spiro atoms. The van der Waals surface area contributed by atoms with Gasteiger partial charge in [-0.3, -0.25) is 9.36 Å². The van der Waals surface area contributed by atoms with Crippen LogP contribution in [0.1, 0.15) is 49.4 Å². The molecule has 0 saturated carbocycles. The van der Waals surface area contributed by atoms with Crippen LogP contribution >= 0.6 is 11.3 Å². The fourth-order valence-corrected chi connectivity index (χ4v) is 6.54. The molecule has 0 unspecified atom stereocenters. The van der Waals surface area contributed by atoms with E-state index < -0.39 is 12.0 Å². The van der Waals surface area contributed by atoms with Gasteiger partial charge in [0.05, 0.1) is 49.8 Å². The Kier molecular flexibility index (Phi) is 8.21. The first-order valence-corrected chi connectivity index (χ1v) is 14.5. The number of aromatic nitrogens is 1. The van der Waals surface area contributed by atoms with Crippen molar-refractivity contribution in [1.29, 1.82) is 0 Å². The molecule has 2 aliphatic rings. The zero-order chi connectivity index (χ0) is 29.3. The van der Waals surface area contributed by atoms with Crippen LogP contribution in [0.5, 0.6) is 17.2 Å². The van der Waals surface area contributed by atoms with Crippen molar-refractivity contribution >= 4 is 29.1 Å². The van der Waals surface area contributed by atoms with Crippen molar-refractivity contribution in [3.05, 3.63) is 78.0 Å². The van der Waals surface area contributed by atoms with E-state index in [-0.39, 0.29) is 17.7 Å². The van der Waals surface area contributed by atoms with E-state index in [4.69, 9.17) is 18.9 Å². The molecule has 41 heavy (non-hydrogen) atoms. The Labute approximate surface area is 242 Å². The predicted molar refractivity (Wildman–Crippen MR) is 159 cm³/mol. The van der Waals surface area contributed by atoms with Gasteiger partial charge >= 0.3 is 5.97 Å². The summed E-state index contributed by atoms with van der Waals surface area (Å²) in [6.07, 6.45) is 4.33. The Balaban J connectivity index is 1.69. The average Bonchev–Trinajstić information content (AvgIpc) is 3.61. The highest BCUT2D eigenvalue weighted by molar-refractivity contribution is 7.07. The van der Waals surface area contributed by atoms with Gasteiger partial charge in [0.15, 0.2) is 16.3 Å². The molecule has 0 radical (unpaired) electrons. The second kappa shape index (κ2) is 11.8. The van der Waals surface area contributed by atoms with Gasteiger partial charge in [-0.15, -0.1) is 0 Å². The summed E-state index contributed by atoms with van der Waals surface area (Å²) in [5.74, 6) is 0.707. The number of carbonyl (C=O) groups is 1. The molecule has 5 rings (SSSR count). The van der Waals surface area contributed by atoms with Crippen molar-refractivity contribution < 1.29 is 23.7 Å². The summed E-state index contributed by atoms with van der Waals surface area (Å²) < 4.78 is 24.2. The first kappa shape index (κ1) is 28.5. The molecular formula is C31H35N3O6S. The highest BCUT2D eigenvalue weighted by Gasteiger charge is 2.34. The molecule has 216 valence electrons. The van der Waals surface area contributed by atoms with Crippen LogP contribution in [-0.2, 0) is 9.53 Å². The zero-order valence-corrected chi connectivity index (χ0v) is 25.1. The van der Waals surface area contributed by atoms with Gasteiger partial charge in [-0.05, 0) is 80.6 Å².